The number of furan rings is 2. The van der Waals surface area contributed by atoms with Crippen molar-refractivity contribution in [1.29, 1.82) is 0 Å². The average Bonchev–Trinajstić information content (AvgIpc) is 1.32. The zero-order valence-corrected chi connectivity index (χ0v) is 60.6. The number of para-hydroxylation sites is 8. The summed E-state index contributed by atoms with van der Waals surface area (Å²) in [6, 6.07) is 147. The summed E-state index contributed by atoms with van der Waals surface area (Å²) in [4.78, 5) is 13.9. The van der Waals surface area contributed by atoms with Crippen LogP contribution < -0.4 is 46.0 Å². The average molecular weight is 1430 g/mol. The number of hydrogen-bond acceptors (Lipinski definition) is 8. The molecule has 522 valence electrons. The first kappa shape index (κ1) is 66.4. The molecular formula is C100H70BClN6O2. The minimum atomic E-state index is -0.131. The molecule has 8 nitrogen and oxygen atoms in total. The van der Waals surface area contributed by atoms with Gasteiger partial charge in [0.25, 0.3) is 6.71 Å². The van der Waals surface area contributed by atoms with E-state index >= 15 is 0 Å². The topological polar surface area (TPSA) is 45.7 Å². The normalized spacial score (nSPS) is 11.8. The van der Waals surface area contributed by atoms with E-state index in [4.69, 9.17) is 20.4 Å². The van der Waals surface area contributed by atoms with Crippen molar-refractivity contribution in [3.05, 3.63) is 430 Å². The fraction of sp³-hybridized carbons (Fsp3) is 0. The van der Waals surface area contributed by atoms with Gasteiger partial charge in [-0.3, -0.25) is 0 Å². The van der Waals surface area contributed by atoms with Crippen molar-refractivity contribution >= 4 is 159 Å². The van der Waals surface area contributed by atoms with E-state index in [9.17, 15) is 0 Å². The summed E-state index contributed by atoms with van der Waals surface area (Å²) in [7, 11) is 0. The van der Waals surface area contributed by atoms with Crippen molar-refractivity contribution in [3.63, 3.8) is 0 Å². The maximum absolute atomic E-state index is 7.74. The lowest BCUT2D eigenvalue weighted by molar-refractivity contribution is 0.616. The molecular weight excluding hydrogens is 1360 g/mol. The van der Waals surface area contributed by atoms with E-state index in [0.717, 1.165) is 141 Å². The molecule has 0 atom stereocenters. The molecule has 0 aliphatic carbocycles. The van der Waals surface area contributed by atoms with Gasteiger partial charge in [-0.1, -0.05) is 254 Å². The molecule has 2 aromatic heterocycles. The lowest BCUT2D eigenvalue weighted by atomic mass is 9.35. The zero-order valence-electron chi connectivity index (χ0n) is 59.9. The van der Waals surface area contributed by atoms with Crippen LogP contribution in [-0.2, 0) is 0 Å². The molecule has 4 heterocycles. The van der Waals surface area contributed by atoms with E-state index in [1.54, 1.807) is 0 Å². The Balaban J connectivity index is 0.000000149. The number of hydrogen-bond donors (Lipinski definition) is 0. The maximum Gasteiger partial charge on any atom is 0.297 e. The van der Waals surface area contributed by atoms with Crippen molar-refractivity contribution in [1.82, 2.24) is 0 Å². The van der Waals surface area contributed by atoms with Crippen LogP contribution in [0.1, 0.15) is 0 Å². The van der Waals surface area contributed by atoms with Crippen LogP contribution in [-0.4, -0.2) is 6.71 Å². The van der Waals surface area contributed by atoms with E-state index < -0.39 is 0 Å². The van der Waals surface area contributed by atoms with E-state index in [1.165, 1.54) is 22.1 Å². The highest BCUT2D eigenvalue weighted by molar-refractivity contribution is 7.00. The predicted octanol–water partition coefficient (Wildman–Crippen LogP) is 26.8. The van der Waals surface area contributed by atoms with Crippen molar-refractivity contribution in [2.75, 3.05) is 29.4 Å². The van der Waals surface area contributed by atoms with Crippen molar-refractivity contribution in [3.8, 4) is 22.3 Å². The first-order valence-electron chi connectivity index (χ1n) is 37.1. The number of benzene rings is 16. The number of nitrogens with zero attached hydrogens (tertiary/aromatic N) is 6. The Hall–Kier alpha value is -14.2. The van der Waals surface area contributed by atoms with Crippen LogP contribution in [0.5, 0.6) is 0 Å². The quantitative estimate of drug-likeness (QED) is 0.0887. The monoisotopic (exact) mass is 1430 g/mol. The van der Waals surface area contributed by atoms with Gasteiger partial charge >= 0.3 is 0 Å². The molecule has 16 aromatic carbocycles. The molecule has 20 rings (SSSR count). The summed E-state index contributed by atoms with van der Waals surface area (Å²) in [5, 5.41) is 2.68. The van der Waals surface area contributed by atoms with E-state index in [2.05, 4.69) is 406 Å². The van der Waals surface area contributed by atoms with Gasteiger partial charge in [-0.2, -0.15) is 0 Å². The third kappa shape index (κ3) is 12.3. The molecule has 0 bridgehead atoms. The van der Waals surface area contributed by atoms with E-state index in [0.29, 0.717) is 5.02 Å². The van der Waals surface area contributed by atoms with Gasteiger partial charge in [-0.25, -0.2) is 0 Å². The fourth-order valence-electron chi connectivity index (χ4n) is 15.9. The highest BCUT2D eigenvalue weighted by Gasteiger charge is 2.47. The maximum atomic E-state index is 7.74. The molecule has 2 aliphatic heterocycles. The van der Waals surface area contributed by atoms with Gasteiger partial charge in [-0.05, 0) is 209 Å². The molecule has 0 amide bonds. The van der Waals surface area contributed by atoms with Crippen LogP contribution >= 0.6 is 11.6 Å². The van der Waals surface area contributed by atoms with Gasteiger partial charge in [0.05, 0.1) is 33.4 Å². The summed E-state index contributed by atoms with van der Waals surface area (Å²) in [6.45, 7) is -0.131. The van der Waals surface area contributed by atoms with Gasteiger partial charge in [0.1, 0.15) is 17.4 Å². The van der Waals surface area contributed by atoms with Crippen LogP contribution in [0.15, 0.2) is 434 Å². The van der Waals surface area contributed by atoms with Crippen LogP contribution in [0.3, 0.4) is 0 Å². The second-order valence-corrected chi connectivity index (χ2v) is 27.7. The summed E-state index contributed by atoms with van der Waals surface area (Å²) in [5.74, 6) is 0. The Labute approximate surface area is 645 Å². The molecule has 110 heavy (non-hydrogen) atoms. The Bertz CT molecular complexity index is 6210. The first-order chi connectivity index (χ1) is 54.5. The minimum Gasteiger partial charge on any atom is -0.468 e. The third-order valence-corrected chi connectivity index (χ3v) is 21.1. The van der Waals surface area contributed by atoms with Crippen LogP contribution in [0.4, 0.5) is 102 Å². The molecule has 10 heteroatoms. The standard InChI is InChI=1S/C50H34BN3O.C50H36ClN3O/c1-5-17-35(18-6-1)36-19-15-26-40(33-36)54-45-29-16-28-44-48(45)51(50-49(54)42-27-13-14-30-47(42)55-50)43-32-31-41(34-46(43)53(44)39-24-11-4-12-25-39)52(37-20-7-2-8-21-37)38-22-9-3-10-23-38;51-50-46(53(41-25-11-4-12-26-41)44-29-16-28-43(35-44)52(39-21-7-2-8-22-39)40-23-9-3-10-24-40)31-17-32-47(50)54(48-36-55-49-33-14-13-30-45(48)49)42-27-15-20-38(34-42)37-18-5-1-6-19-37/h1-34H;1-36H. The summed E-state index contributed by atoms with van der Waals surface area (Å²) in [5.41, 5.74) is 28.3. The molecule has 0 unspecified atom stereocenters. The highest BCUT2D eigenvalue weighted by Crippen LogP contribution is 2.52. The summed E-state index contributed by atoms with van der Waals surface area (Å²) < 4.78 is 13.2. The number of fused-ring (bicyclic) bond motifs is 7. The van der Waals surface area contributed by atoms with Gasteiger partial charge in [-0.15, -0.1) is 0 Å². The predicted molar refractivity (Wildman–Crippen MR) is 461 cm³/mol. The van der Waals surface area contributed by atoms with E-state index in [-0.39, 0.29) is 6.71 Å². The fourth-order valence-corrected chi connectivity index (χ4v) is 16.2. The van der Waals surface area contributed by atoms with Crippen molar-refractivity contribution in [2.45, 2.75) is 0 Å². The molecule has 0 fully saturated rings. The van der Waals surface area contributed by atoms with Gasteiger partial charge in [0.15, 0.2) is 0 Å². The summed E-state index contributed by atoms with van der Waals surface area (Å²) >= 11 is 7.74. The van der Waals surface area contributed by atoms with Gasteiger partial charge in [0, 0.05) is 90.4 Å². The largest absolute Gasteiger partial charge is 0.468 e. The molecule has 2 aliphatic rings. The first-order valence-corrected chi connectivity index (χ1v) is 37.5. The SMILES string of the molecule is Clc1c(N(c2ccccc2)c2cccc(N(c3ccccc3)c3ccccc3)c2)cccc1N(c1cccc(-c2ccccc2)c1)c1coc2ccccc12.c1ccc(-c2cccc(N3c4cccc5c4B(c4ccc(N(c6ccccc6)c6ccccc6)cc4N5c4ccccc4)c4oc5ccccc5c43)c2)cc1. The second kappa shape index (κ2) is 29.2. The highest BCUT2D eigenvalue weighted by atomic mass is 35.5. The van der Waals surface area contributed by atoms with Crippen molar-refractivity contribution in [2.24, 2.45) is 0 Å². The lowest BCUT2D eigenvalue weighted by Crippen LogP contribution is -2.61. The Kier molecular flexibility index (Phi) is 17.7. The third-order valence-electron chi connectivity index (χ3n) is 20.7. The minimum absolute atomic E-state index is 0.131. The van der Waals surface area contributed by atoms with Crippen LogP contribution in [0, 0.1) is 0 Å². The van der Waals surface area contributed by atoms with Gasteiger partial charge in [0.2, 0.25) is 0 Å². The Morgan fingerprint density at radius 1 is 0.264 bits per heavy atom. The number of rotatable bonds is 16. The van der Waals surface area contributed by atoms with E-state index in [1.807, 2.05) is 48.7 Å². The van der Waals surface area contributed by atoms with Crippen molar-refractivity contribution < 1.29 is 8.83 Å². The number of halogens is 1. The van der Waals surface area contributed by atoms with Gasteiger partial charge < -0.3 is 38.2 Å². The van der Waals surface area contributed by atoms with Crippen LogP contribution in [0.25, 0.3) is 44.2 Å². The zero-order chi connectivity index (χ0) is 73.3. The molecule has 0 radical (unpaired) electrons. The molecule has 0 saturated heterocycles. The Morgan fingerprint density at radius 3 is 1.25 bits per heavy atom. The molecule has 0 N–H and O–H groups in total. The smallest absolute Gasteiger partial charge is 0.297 e. The van der Waals surface area contributed by atoms with Crippen LogP contribution in [0.2, 0.25) is 5.02 Å². The number of anilines is 18. The Morgan fingerprint density at radius 2 is 0.664 bits per heavy atom. The second-order valence-electron chi connectivity index (χ2n) is 27.3. The molecule has 0 spiro atoms. The molecule has 18 aromatic rings. The molecule has 0 saturated carbocycles. The lowest BCUT2D eigenvalue weighted by Gasteiger charge is -2.42. The summed E-state index contributed by atoms with van der Waals surface area (Å²) in [6.07, 6.45) is 1.82.